The van der Waals surface area contributed by atoms with Crippen LogP contribution in [0.2, 0.25) is 0 Å². The second-order valence-electron chi connectivity index (χ2n) is 5.29. The molecule has 0 aromatic carbocycles. The average Bonchev–Trinajstić information content (AvgIpc) is 2.88. The van der Waals surface area contributed by atoms with Gasteiger partial charge in [-0.25, -0.2) is 0 Å². The van der Waals surface area contributed by atoms with Crippen molar-refractivity contribution in [1.82, 2.24) is 5.32 Å². The number of carbonyl (C=O) groups excluding carboxylic acids is 1. The Kier molecular flexibility index (Phi) is 3.84. The first-order chi connectivity index (χ1) is 8.09. The van der Waals surface area contributed by atoms with Gasteiger partial charge in [-0.15, -0.1) is 11.3 Å². The van der Waals surface area contributed by atoms with Gasteiger partial charge in [-0.2, -0.15) is 0 Å². The van der Waals surface area contributed by atoms with Crippen LogP contribution in [-0.2, 0) is 6.54 Å². The normalized spacial score (nSPS) is 18.4. The summed E-state index contributed by atoms with van der Waals surface area (Å²) in [5.74, 6) is -0.338. The summed E-state index contributed by atoms with van der Waals surface area (Å²) in [7, 11) is 0. The first-order valence-electron chi connectivity index (χ1n) is 6.17. The van der Waals surface area contributed by atoms with Crippen molar-refractivity contribution in [3.63, 3.8) is 0 Å². The van der Waals surface area contributed by atoms with Gasteiger partial charge in [-0.3, -0.25) is 4.79 Å². The molecule has 1 aromatic heterocycles. The third kappa shape index (κ3) is 3.30. The number of primary amides is 1. The monoisotopic (exact) mass is 252 g/mol. The number of amides is 1. The largest absolute Gasteiger partial charge is 0.366 e. The summed E-state index contributed by atoms with van der Waals surface area (Å²) in [4.78, 5) is 12.1. The summed E-state index contributed by atoms with van der Waals surface area (Å²) in [5, 5.41) is 5.32. The Morgan fingerprint density at radius 1 is 1.53 bits per heavy atom. The summed E-state index contributed by atoms with van der Waals surface area (Å²) < 4.78 is 0. The van der Waals surface area contributed by atoms with Crippen LogP contribution < -0.4 is 11.1 Å². The van der Waals surface area contributed by atoms with E-state index in [2.05, 4.69) is 12.2 Å². The van der Waals surface area contributed by atoms with Crippen LogP contribution in [0.3, 0.4) is 0 Å². The van der Waals surface area contributed by atoms with Crippen molar-refractivity contribution in [2.75, 3.05) is 6.54 Å². The number of nitrogens with two attached hydrogens (primary N) is 1. The third-order valence-corrected chi connectivity index (χ3v) is 4.54. The Balaban J connectivity index is 1.79. The van der Waals surface area contributed by atoms with Crippen molar-refractivity contribution in [3.8, 4) is 0 Å². The van der Waals surface area contributed by atoms with E-state index in [1.165, 1.54) is 30.6 Å². The highest BCUT2D eigenvalue weighted by Crippen LogP contribution is 2.36. The number of carbonyl (C=O) groups is 1. The van der Waals surface area contributed by atoms with Gasteiger partial charge in [0.2, 0.25) is 5.91 Å². The minimum absolute atomic E-state index is 0.338. The zero-order valence-corrected chi connectivity index (χ0v) is 11.1. The molecular weight excluding hydrogens is 232 g/mol. The van der Waals surface area contributed by atoms with Gasteiger partial charge in [0.25, 0.3) is 0 Å². The molecule has 0 atom stereocenters. The maximum absolute atomic E-state index is 11.0. The Labute approximate surface area is 106 Å². The lowest BCUT2D eigenvalue weighted by Gasteiger charge is -2.23. The van der Waals surface area contributed by atoms with E-state index in [0.29, 0.717) is 11.0 Å². The van der Waals surface area contributed by atoms with Gasteiger partial charge in [0.05, 0.1) is 5.56 Å². The smallest absolute Gasteiger partial charge is 0.249 e. The highest BCUT2D eigenvalue weighted by molar-refractivity contribution is 7.10. The number of hydrogen-bond donors (Lipinski definition) is 2. The van der Waals surface area contributed by atoms with Crippen molar-refractivity contribution in [2.24, 2.45) is 11.1 Å². The lowest BCUT2D eigenvalue weighted by atomic mass is 9.89. The summed E-state index contributed by atoms with van der Waals surface area (Å²) >= 11 is 1.60. The molecule has 1 fully saturated rings. The molecule has 0 spiro atoms. The number of hydrogen-bond acceptors (Lipinski definition) is 3. The first kappa shape index (κ1) is 12.6. The molecule has 1 saturated carbocycles. The zero-order chi connectivity index (χ0) is 12.3. The molecule has 1 aliphatic carbocycles. The van der Waals surface area contributed by atoms with E-state index in [9.17, 15) is 4.79 Å². The maximum Gasteiger partial charge on any atom is 0.249 e. The molecule has 3 nitrogen and oxygen atoms in total. The quantitative estimate of drug-likeness (QED) is 0.846. The molecule has 1 aromatic rings. The third-order valence-electron chi connectivity index (χ3n) is 3.60. The molecule has 1 aliphatic rings. The predicted molar refractivity (Wildman–Crippen MR) is 71.1 cm³/mol. The molecule has 0 radical (unpaired) electrons. The minimum Gasteiger partial charge on any atom is -0.366 e. The van der Waals surface area contributed by atoms with Gasteiger partial charge >= 0.3 is 0 Å². The molecular formula is C13H20N2OS. The Hall–Kier alpha value is -0.870. The standard InChI is InChI=1S/C13H20N2OS/c1-13(4-2-3-5-13)9-15-7-11-6-10(8-17-11)12(14)16/h6,8,15H,2-5,7,9H2,1H3,(H2,14,16). The fourth-order valence-electron chi connectivity index (χ4n) is 2.50. The van der Waals surface area contributed by atoms with Crippen molar-refractivity contribution in [2.45, 2.75) is 39.2 Å². The topological polar surface area (TPSA) is 55.1 Å². The van der Waals surface area contributed by atoms with Crippen LogP contribution in [0, 0.1) is 5.41 Å². The summed E-state index contributed by atoms with van der Waals surface area (Å²) in [6.45, 7) is 4.26. The van der Waals surface area contributed by atoms with Gasteiger partial charge in [0.1, 0.15) is 0 Å². The number of thiophene rings is 1. The Morgan fingerprint density at radius 2 is 2.24 bits per heavy atom. The molecule has 17 heavy (non-hydrogen) atoms. The fraction of sp³-hybridized carbons (Fsp3) is 0.615. The van der Waals surface area contributed by atoms with E-state index < -0.39 is 0 Å². The fourth-order valence-corrected chi connectivity index (χ4v) is 3.34. The molecule has 4 heteroatoms. The Bertz CT molecular complexity index is 394. The predicted octanol–water partition coefficient (Wildman–Crippen LogP) is 2.52. The maximum atomic E-state index is 11.0. The minimum atomic E-state index is -0.338. The molecule has 1 amide bonds. The van der Waals surface area contributed by atoms with E-state index in [-0.39, 0.29) is 5.91 Å². The molecule has 0 unspecified atom stereocenters. The van der Waals surface area contributed by atoms with Crippen molar-refractivity contribution < 1.29 is 4.79 Å². The van der Waals surface area contributed by atoms with Gasteiger partial charge in [-0.1, -0.05) is 19.8 Å². The van der Waals surface area contributed by atoms with E-state index in [1.54, 1.807) is 11.3 Å². The SMILES string of the molecule is CC1(CNCc2cc(C(N)=O)cs2)CCCC1. The molecule has 1 heterocycles. The highest BCUT2D eigenvalue weighted by Gasteiger charge is 2.27. The van der Waals surface area contributed by atoms with E-state index in [1.807, 2.05) is 11.4 Å². The van der Waals surface area contributed by atoms with Gasteiger partial charge in [-0.05, 0) is 24.3 Å². The Morgan fingerprint density at radius 3 is 2.82 bits per heavy atom. The molecule has 0 saturated heterocycles. The molecule has 0 bridgehead atoms. The van der Waals surface area contributed by atoms with Crippen LogP contribution in [0.25, 0.3) is 0 Å². The molecule has 94 valence electrons. The van der Waals surface area contributed by atoms with E-state index >= 15 is 0 Å². The molecule has 3 N–H and O–H groups in total. The zero-order valence-electron chi connectivity index (χ0n) is 10.3. The average molecular weight is 252 g/mol. The highest BCUT2D eigenvalue weighted by atomic mass is 32.1. The van der Waals surface area contributed by atoms with Crippen LogP contribution in [0.1, 0.15) is 47.8 Å². The van der Waals surface area contributed by atoms with E-state index in [0.717, 1.165) is 13.1 Å². The lowest BCUT2D eigenvalue weighted by Crippen LogP contribution is -2.28. The molecule has 2 rings (SSSR count). The second-order valence-corrected chi connectivity index (χ2v) is 6.28. The van der Waals surface area contributed by atoms with Gasteiger partial charge < -0.3 is 11.1 Å². The van der Waals surface area contributed by atoms with Crippen LogP contribution in [0.4, 0.5) is 0 Å². The van der Waals surface area contributed by atoms with Gasteiger partial charge in [0, 0.05) is 23.3 Å². The van der Waals surface area contributed by atoms with Crippen molar-refractivity contribution in [3.05, 3.63) is 21.9 Å². The number of rotatable bonds is 5. The molecule has 0 aliphatic heterocycles. The summed E-state index contributed by atoms with van der Waals surface area (Å²) in [6.07, 6.45) is 5.39. The van der Waals surface area contributed by atoms with Crippen molar-refractivity contribution >= 4 is 17.2 Å². The van der Waals surface area contributed by atoms with Crippen LogP contribution in [0.5, 0.6) is 0 Å². The summed E-state index contributed by atoms with van der Waals surface area (Å²) in [5.41, 5.74) is 6.32. The van der Waals surface area contributed by atoms with Crippen LogP contribution in [0.15, 0.2) is 11.4 Å². The first-order valence-corrected chi connectivity index (χ1v) is 7.05. The second kappa shape index (κ2) is 5.19. The van der Waals surface area contributed by atoms with Crippen LogP contribution in [-0.4, -0.2) is 12.5 Å². The number of nitrogens with one attached hydrogen (secondary N) is 1. The van der Waals surface area contributed by atoms with Crippen LogP contribution >= 0.6 is 11.3 Å². The summed E-state index contributed by atoms with van der Waals surface area (Å²) in [6, 6.07) is 1.89. The van der Waals surface area contributed by atoms with Crippen molar-refractivity contribution in [1.29, 1.82) is 0 Å². The lowest BCUT2D eigenvalue weighted by molar-refractivity contribution is 0.100. The van der Waals surface area contributed by atoms with Gasteiger partial charge in [0.15, 0.2) is 0 Å². The van der Waals surface area contributed by atoms with E-state index in [4.69, 9.17) is 5.73 Å².